The molecule has 2 aromatic rings. The Hall–Kier alpha value is -3.71. The van der Waals surface area contributed by atoms with E-state index in [9.17, 15) is 19.5 Å². The lowest BCUT2D eigenvalue weighted by atomic mass is 9.95. The number of rotatable bonds is 16. The zero-order chi connectivity index (χ0) is 28.8. The van der Waals surface area contributed by atoms with E-state index in [1.54, 1.807) is 12.2 Å². The predicted molar refractivity (Wildman–Crippen MR) is 156 cm³/mol. The second kappa shape index (κ2) is 15.8. The van der Waals surface area contributed by atoms with E-state index < -0.39 is 23.4 Å². The van der Waals surface area contributed by atoms with Crippen molar-refractivity contribution in [2.24, 2.45) is 11.8 Å². The maximum Gasteiger partial charge on any atom is 0.309 e. The molecule has 0 unspecified atom stereocenters. The minimum Gasteiger partial charge on any atom is -0.463 e. The number of amides is 2. The first kappa shape index (κ1) is 30.8. The SMILES string of the molecule is C=CC[C@@H](CC(=O)NC1(CO)CCCC1)C(=O)N[C@H](COC(=O)[C@@H](CC=C)Cc1ccccc1)c1ccccc1. The van der Waals surface area contributed by atoms with Gasteiger partial charge in [0.05, 0.1) is 30.0 Å². The van der Waals surface area contributed by atoms with Crippen LogP contribution >= 0.6 is 0 Å². The average Bonchev–Trinajstić information content (AvgIpc) is 3.44. The molecule has 2 aromatic carbocycles. The van der Waals surface area contributed by atoms with Gasteiger partial charge in [0.15, 0.2) is 0 Å². The molecule has 2 amide bonds. The summed E-state index contributed by atoms with van der Waals surface area (Å²) >= 11 is 0. The van der Waals surface area contributed by atoms with Gasteiger partial charge < -0.3 is 20.5 Å². The Bertz CT molecular complexity index is 1110. The summed E-state index contributed by atoms with van der Waals surface area (Å²) in [4.78, 5) is 39.4. The maximum absolute atomic E-state index is 13.4. The largest absolute Gasteiger partial charge is 0.463 e. The van der Waals surface area contributed by atoms with Crippen LogP contribution in [0.25, 0.3) is 0 Å². The van der Waals surface area contributed by atoms with Crippen LogP contribution in [-0.4, -0.2) is 41.6 Å². The number of allylic oxidation sites excluding steroid dienone is 2. The van der Waals surface area contributed by atoms with Crippen LogP contribution in [-0.2, 0) is 25.5 Å². The molecule has 1 saturated carbocycles. The number of hydrogen-bond donors (Lipinski definition) is 3. The number of aliphatic hydroxyl groups is 1. The van der Waals surface area contributed by atoms with E-state index in [1.807, 2.05) is 60.7 Å². The van der Waals surface area contributed by atoms with Gasteiger partial charge in [-0.3, -0.25) is 14.4 Å². The Morgan fingerprint density at radius 2 is 1.52 bits per heavy atom. The summed E-state index contributed by atoms with van der Waals surface area (Å²) in [7, 11) is 0. The zero-order valence-electron chi connectivity index (χ0n) is 23.2. The van der Waals surface area contributed by atoms with Crippen molar-refractivity contribution < 1.29 is 24.2 Å². The lowest BCUT2D eigenvalue weighted by molar-refractivity contribution is -0.150. The lowest BCUT2D eigenvalue weighted by Crippen LogP contribution is -2.50. The summed E-state index contributed by atoms with van der Waals surface area (Å²) in [5.74, 6) is -1.99. The summed E-state index contributed by atoms with van der Waals surface area (Å²) in [5, 5.41) is 15.8. The van der Waals surface area contributed by atoms with Gasteiger partial charge in [-0.2, -0.15) is 0 Å². The van der Waals surface area contributed by atoms with Crippen LogP contribution < -0.4 is 10.6 Å². The van der Waals surface area contributed by atoms with Gasteiger partial charge in [0.25, 0.3) is 0 Å². The number of benzene rings is 2. The molecule has 1 aliphatic carbocycles. The van der Waals surface area contributed by atoms with Crippen LogP contribution in [0, 0.1) is 11.8 Å². The second-order valence-electron chi connectivity index (χ2n) is 10.6. The van der Waals surface area contributed by atoms with Gasteiger partial charge in [-0.15, -0.1) is 13.2 Å². The minimum atomic E-state index is -0.650. The van der Waals surface area contributed by atoms with Gasteiger partial charge in [0.1, 0.15) is 6.61 Å². The molecule has 214 valence electrons. The van der Waals surface area contributed by atoms with E-state index in [0.717, 1.165) is 36.8 Å². The minimum absolute atomic E-state index is 0.0284. The fraction of sp³-hybridized carbons (Fsp3) is 0.424. The summed E-state index contributed by atoms with van der Waals surface area (Å²) in [5.41, 5.74) is 1.22. The molecule has 40 heavy (non-hydrogen) atoms. The molecule has 3 rings (SSSR count). The van der Waals surface area contributed by atoms with Crippen LogP contribution in [0.2, 0.25) is 0 Å². The first-order valence-electron chi connectivity index (χ1n) is 14.1. The summed E-state index contributed by atoms with van der Waals surface area (Å²) < 4.78 is 5.75. The Morgan fingerprint density at radius 3 is 2.12 bits per heavy atom. The molecule has 0 aromatic heterocycles. The third kappa shape index (κ3) is 9.19. The van der Waals surface area contributed by atoms with Crippen molar-refractivity contribution in [3.05, 3.63) is 97.1 Å². The molecule has 0 radical (unpaired) electrons. The number of hydrogen-bond acceptors (Lipinski definition) is 5. The van der Waals surface area contributed by atoms with Gasteiger partial charge in [0.2, 0.25) is 11.8 Å². The fourth-order valence-corrected chi connectivity index (χ4v) is 5.27. The molecular weight excluding hydrogens is 504 g/mol. The van der Waals surface area contributed by atoms with Crippen molar-refractivity contribution in [1.82, 2.24) is 10.6 Å². The molecule has 3 N–H and O–H groups in total. The van der Waals surface area contributed by atoms with Crippen LogP contribution in [0.5, 0.6) is 0 Å². The van der Waals surface area contributed by atoms with Crippen LogP contribution in [0.4, 0.5) is 0 Å². The Balaban J connectivity index is 1.67. The first-order chi connectivity index (χ1) is 19.4. The highest BCUT2D eigenvalue weighted by Crippen LogP contribution is 2.29. The highest BCUT2D eigenvalue weighted by molar-refractivity contribution is 5.86. The van der Waals surface area contributed by atoms with Crippen LogP contribution in [0.1, 0.15) is 62.1 Å². The number of nitrogens with one attached hydrogen (secondary N) is 2. The summed E-state index contributed by atoms with van der Waals surface area (Å²) in [6.45, 7) is 7.39. The highest BCUT2D eigenvalue weighted by Gasteiger charge is 2.35. The molecule has 7 nitrogen and oxygen atoms in total. The topological polar surface area (TPSA) is 105 Å². The van der Waals surface area contributed by atoms with E-state index in [-0.39, 0.29) is 37.4 Å². The zero-order valence-corrected chi connectivity index (χ0v) is 23.2. The van der Waals surface area contributed by atoms with Gasteiger partial charge in [-0.05, 0) is 43.2 Å². The van der Waals surface area contributed by atoms with Crippen molar-refractivity contribution >= 4 is 17.8 Å². The number of esters is 1. The molecular formula is C33H42N2O5. The van der Waals surface area contributed by atoms with Crippen LogP contribution in [0.15, 0.2) is 86.0 Å². The standard InChI is InChI=1S/C33H42N2O5/c1-3-13-27(22-30(37)35-33(24-36)19-11-12-20-33)31(38)34-29(26-17-9-6-10-18-26)23-40-32(39)28(14-4-2)21-25-15-7-5-8-16-25/h3-10,15-18,27-29,36H,1-2,11-14,19-24H2,(H,34,38)(H,35,37)/t27-,28-,29+/m0/s1. The van der Waals surface area contributed by atoms with Crippen molar-refractivity contribution in [2.75, 3.05) is 13.2 Å². The Labute approximate surface area is 237 Å². The quantitative estimate of drug-likeness (QED) is 0.207. The molecule has 0 spiro atoms. The van der Waals surface area contributed by atoms with Crippen molar-refractivity contribution in [1.29, 1.82) is 0 Å². The Kier molecular flexibility index (Phi) is 12.2. The maximum atomic E-state index is 13.4. The monoisotopic (exact) mass is 546 g/mol. The summed E-state index contributed by atoms with van der Waals surface area (Å²) in [6.07, 6.45) is 7.98. The normalized spacial score (nSPS) is 16.2. The smallest absolute Gasteiger partial charge is 0.309 e. The number of aliphatic hydroxyl groups excluding tert-OH is 1. The third-order valence-corrected chi connectivity index (χ3v) is 7.54. The molecule has 0 bridgehead atoms. The predicted octanol–water partition coefficient (Wildman–Crippen LogP) is 4.83. The van der Waals surface area contributed by atoms with E-state index in [4.69, 9.17) is 4.74 Å². The average molecular weight is 547 g/mol. The van der Waals surface area contributed by atoms with E-state index in [2.05, 4.69) is 23.8 Å². The molecule has 3 atom stereocenters. The van der Waals surface area contributed by atoms with Gasteiger partial charge in [0, 0.05) is 6.42 Å². The highest BCUT2D eigenvalue weighted by atomic mass is 16.5. The molecule has 7 heteroatoms. The summed E-state index contributed by atoms with van der Waals surface area (Å²) in [6, 6.07) is 18.5. The number of carbonyl (C=O) groups is 3. The Morgan fingerprint density at radius 1 is 0.925 bits per heavy atom. The van der Waals surface area contributed by atoms with E-state index >= 15 is 0 Å². The number of carbonyl (C=O) groups excluding carboxylic acids is 3. The van der Waals surface area contributed by atoms with E-state index in [0.29, 0.717) is 19.3 Å². The van der Waals surface area contributed by atoms with Gasteiger partial charge in [-0.25, -0.2) is 0 Å². The van der Waals surface area contributed by atoms with Crippen molar-refractivity contribution in [3.8, 4) is 0 Å². The van der Waals surface area contributed by atoms with Gasteiger partial charge >= 0.3 is 5.97 Å². The fourth-order valence-electron chi connectivity index (χ4n) is 5.27. The van der Waals surface area contributed by atoms with Crippen molar-refractivity contribution in [3.63, 3.8) is 0 Å². The first-order valence-corrected chi connectivity index (χ1v) is 14.1. The molecule has 0 aliphatic heterocycles. The second-order valence-corrected chi connectivity index (χ2v) is 10.6. The molecule has 1 aliphatic rings. The molecule has 0 heterocycles. The van der Waals surface area contributed by atoms with Crippen LogP contribution in [0.3, 0.4) is 0 Å². The lowest BCUT2D eigenvalue weighted by Gasteiger charge is -2.29. The van der Waals surface area contributed by atoms with E-state index in [1.165, 1.54) is 0 Å². The number of ether oxygens (including phenoxy) is 1. The van der Waals surface area contributed by atoms with Crippen molar-refractivity contribution in [2.45, 2.75) is 62.9 Å². The van der Waals surface area contributed by atoms with Gasteiger partial charge in [-0.1, -0.05) is 85.7 Å². The molecule has 0 saturated heterocycles. The molecule has 1 fully saturated rings. The third-order valence-electron chi connectivity index (χ3n) is 7.54.